The van der Waals surface area contributed by atoms with E-state index in [4.69, 9.17) is 10.5 Å². The minimum absolute atomic E-state index is 0.0133. The van der Waals surface area contributed by atoms with Crippen LogP contribution in [0, 0.1) is 11.8 Å². The van der Waals surface area contributed by atoms with Crippen molar-refractivity contribution < 1.29 is 38.3 Å². The second-order valence-electron chi connectivity index (χ2n) is 14.5. The predicted octanol–water partition coefficient (Wildman–Crippen LogP) is 0.847. The molecule has 2 aromatic rings. The molecule has 1 saturated heterocycles. The summed E-state index contributed by atoms with van der Waals surface area (Å²) in [4.78, 5) is 96.9. The quantitative estimate of drug-likeness (QED) is 0.176. The summed E-state index contributed by atoms with van der Waals surface area (Å²) in [6.45, 7) is 12.1. The second kappa shape index (κ2) is 17.1. The van der Waals surface area contributed by atoms with Gasteiger partial charge in [-0.2, -0.15) is 0 Å². The Morgan fingerprint density at radius 3 is 1.96 bits per heavy atom. The van der Waals surface area contributed by atoms with Crippen LogP contribution in [-0.4, -0.2) is 82.2 Å². The molecule has 15 nitrogen and oxygen atoms in total. The Labute approximate surface area is 292 Å². The molecule has 274 valence electrons. The van der Waals surface area contributed by atoms with Gasteiger partial charge >= 0.3 is 5.97 Å². The van der Waals surface area contributed by atoms with E-state index in [9.17, 15) is 33.6 Å². The third-order valence-corrected chi connectivity index (χ3v) is 8.06. The number of esters is 1. The van der Waals surface area contributed by atoms with Crippen molar-refractivity contribution in [1.82, 2.24) is 31.6 Å². The average molecular weight is 698 g/mol. The molecule has 6 amide bonds. The highest BCUT2D eigenvalue weighted by Crippen LogP contribution is 2.20. The van der Waals surface area contributed by atoms with Gasteiger partial charge in [-0.05, 0) is 57.1 Å². The van der Waals surface area contributed by atoms with Crippen LogP contribution >= 0.6 is 0 Å². The topological polar surface area (TPSA) is 231 Å². The number of carbonyl (C=O) groups excluding carboxylic acids is 7. The number of benzene rings is 1. The van der Waals surface area contributed by atoms with Gasteiger partial charge in [-0.3, -0.25) is 33.6 Å². The first kappa shape index (κ1) is 39.5. The van der Waals surface area contributed by atoms with Crippen molar-refractivity contribution in [2.45, 2.75) is 116 Å². The van der Waals surface area contributed by atoms with Crippen molar-refractivity contribution in [1.29, 1.82) is 0 Å². The highest BCUT2D eigenvalue weighted by Gasteiger charge is 2.37. The largest absolute Gasteiger partial charge is 0.460 e. The Bertz CT molecular complexity index is 1580. The molecule has 0 saturated carbocycles. The van der Waals surface area contributed by atoms with E-state index in [1.54, 1.807) is 40.8 Å². The molecule has 1 fully saturated rings. The Kier molecular flexibility index (Phi) is 13.5. The number of nitrogens with one attached hydrogen (secondary N) is 6. The van der Waals surface area contributed by atoms with Gasteiger partial charge in [0.2, 0.25) is 35.4 Å². The van der Waals surface area contributed by atoms with Crippen LogP contribution in [0.15, 0.2) is 30.5 Å². The van der Waals surface area contributed by atoms with E-state index in [-0.39, 0.29) is 31.6 Å². The molecule has 0 bridgehead atoms. The number of para-hydroxylation sites is 1. The van der Waals surface area contributed by atoms with Crippen LogP contribution in [0.4, 0.5) is 0 Å². The van der Waals surface area contributed by atoms with E-state index < -0.39 is 89.6 Å². The van der Waals surface area contributed by atoms with Crippen molar-refractivity contribution in [3.05, 3.63) is 36.0 Å². The fourth-order valence-corrected chi connectivity index (χ4v) is 5.61. The number of carbonyl (C=O) groups is 7. The summed E-state index contributed by atoms with van der Waals surface area (Å²) >= 11 is 0. The zero-order valence-electron chi connectivity index (χ0n) is 29.8. The molecule has 2 heterocycles. The second-order valence-corrected chi connectivity index (χ2v) is 14.5. The number of H-pyrrole nitrogens is 1. The van der Waals surface area contributed by atoms with Crippen molar-refractivity contribution in [3.63, 3.8) is 0 Å². The van der Waals surface area contributed by atoms with E-state index in [1.165, 1.54) is 0 Å². The summed E-state index contributed by atoms with van der Waals surface area (Å²) in [5.41, 5.74) is 5.93. The molecule has 1 aromatic carbocycles. The number of amides is 6. The maximum Gasteiger partial charge on any atom is 0.308 e. The van der Waals surface area contributed by atoms with Gasteiger partial charge in [0.15, 0.2) is 0 Å². The standard InChI is InChI=1S/C35H51N7O8/c1-18(2)14-24-31(46)39-25(15-20-17-37-22-11-9-8-10-21(20)22)32(47)40-26(16-28(44)50-35(5,6)7)33(48)38-23(12-13-27(36)43)30(45)42-29(19(3)4)34(49)41-24/h8-11,17-19,23-26,29,37H,12-16H2,1-7H3,(H2,36,43)(H,38,48)(H,39,46)(H,40,47)(H,41,49)(H,42,45)/t23-,24-,25+,26+,29+/m0/s1. The van der Waals surface area contributed by atoms with E-state index in [0.717, 1.165) is 10.9 Å². The van der Waals surface area contributed by atoms with Gasteiger partial charge in [0.1, 0.15) is 35.8 Å². The van der Waals surface area contributed by atoms with E-state index in [0.29, 0.717) is 5.56 Å². The average Bonchev–Trinajstić information content (AvgIpc) is 3.41. The summed E-state index contributed by atoms with van der Waals surface area (Å²) in [5.74, 6) is -5.87. The molecule has 0 radical (unpaired) electrons. The van der Waals surface area contributed by atoms with Crippen molar-refractivity contribution in [2.24, 2.45) is 17.6 Å². The first-order valence-corrected chi connectivity index (χ1v) is 16.9. The first-order chi connectivity index (χ1) is 23.3. The lowest BCUT2D eigenvalue weighted by Gasteiger charge is -2.28. The van der Waals surface area contributed by atoms with Gasteiger partial charge in [0.05, 0.1) is 6.42 Å². The molecule has 1 aromatic heterocycles. The van der Waals surface area contributed by atoms with Crippen molar-refractivity contribution >= 4 is 52.3 Å². The molecule has 1 aliphatic heterocycles. The predicted molar refractivity (Wildman–Crippen MR) is 185 cm³/mol. The van der Waals surface area contributed by atoms with Gasteiger partial charge < -0.3 is 42.0 Å². The lowest BCUT2D eigenvalue weighted by atomic mass is 9.98. The number of hydrogen-bond donors (Lipinski definition) is 7. The molecule has 1 aliphatic rings. The Balaban J connectivity index is 2.12. The molecule has 5 atom stereocenters. The maximum absolute atomic E-state index is 14.1. The zero-order valence-corrected chi connectivity index (χ0v) is 29.8. The van der Waals surface area contributed by atoms with E-state index >= 15 is 0 Å². The van der Waals surface area contributed by atoms with Crippen LogP contribution < -0.4 is 32.3 Å². The minimum Gasteiger partial charge on any atom is -0.460 e. The van der Waals surface area contributed by atoms with E-state index in [2.05, 4.69) is 31.6 Å². The first-order valence-electron chi connectivity index (χ1n) is 16.9. The summed E-state index contributed by atoms with van der Waals surface area (Å²) in [6, 6.07) is 0.976. The highest BCUT2D eigenvalue weighted by molar-refractivity contribution is 5.99. The Morgan fingerprint density at radius 1 is 0.780 bits per heavy atom. The number of hydrogen-bond acceptors (Lipinski definition) is 8. The number of primary amides is 1. The van der Waals surface area contributed by atoms with Gasteiger partial charge in [0.25, 0.3) is 0 Å². The van der Waals surface area contributed by atoms with Gasteiger partial charge in [-0.1, -0.05) is 45.9 Å². The number of fused-ring (bicyclic) bond motifs is 1. The number of ether oxygens (including phenoxy) is 1. The minimum atomic E-state index is -1.55. The third kappa shape index (κ3) is 11.6. The number of rotatable bonds is 10. The van der Waals surface area contributed by atoms with Gasteiger partial charge in [-0.25, -0.2) is 0 Å². The number of aromatic nitrogens is 1. The van der Waals surface area contributed by atoms with Crippen LogP contribution in [0.2, 0.25) is 0 Å². The molecule has 3 rings (SSSR count). The summed E-state index contributed by atoms with van der Waals surface area (Å²) in [6.07, 6.45) is 0.775. The van der Waals surface area contributed by atoms with Crippen LogP contribution in [0.3, 0.4) is 0 Å². The molecule has 0 aliphatic carbocycles. The molecule has 15 heteroatoms. The maximum atomic E-state index is 14.1. The fraction of sp³-hybridized carbons (Fsp3) is 0.571. The third-order valence-electron chi connectivity index (χ3n) is 8.06. The van der Waals surface area contributed by atoms with Crippen LogP contribution in [0.25, 0.3) is 10.9 Å². The SMILES string of the molecule is CC(C)C[C@@H]1NC(=O)[C@@H](C(C)C)NC(=O)[C@H](CCC(N)=O)NC(=O)[C@@H](CC(=O)OC(C)(C)C)NC(=O)[C@@H](Cc2c[nH]c3ccccc23)NC1=O. The normalized spacial score (nSPS) is 22.9. The van der Waals surface area contributed by atoms with Crippen LogP contribution in [0.5, 0.6) is 0 Å². The smallest absolute Gasteiger partial charge is 0.308 e. The number of nitrogens with two attached hydrogens (primary N) is 1. The molecular formula is C35H51N7O8. The molecule has 8 N–H and O–H groups in total. The lowest BCUT2D eigenvalue weighted by Crippen LogP contribution is -2.59. The van der Waals surface area contributed by atoms with Crippen molar-refractivity contribution in [2.75, 3.05) is 0 Å². The van der Waals surface area contributed by atoms with Crippen LogP contribution in [-0.2, 0) is 44.7 Å². The van der Waals surface area contributed by atoms with Crippen LogP contribution in [0.1, 0.15) is 79.7 Å². The van der Waals surface area contributed by atoms with E-state index in [1.807, 2.05) is 38.1 Å². The lowest BCUT2D eigenvalue weighted by molar-refractivity contribution is -0.156. The molecule has 50 heavy (non-hydrogen) atoms. The van der Waals surface area contributed by atoms with Crippen molar-refractivity contribution in [3.8, 4) is 0 Å². The number of aromatic amines is 1. The molecular weight excluding hydrogens is 646 g/mol. The summed E-state index contributed by atoms with van der Waals surface area (Å²) in [7, 11) is 0. The highest BCUT2D eigenvalue weighted by atomic mass is 16.6. The van der Waals surface area contributed by atoms with Gasteiger partial charge in [-0.15, -0.1) is 0 Å². The molecule has 0 spiro atoms. The summed E-state index contributed by atoms with van der Waals surface area (Å²) < 4.78 is 5.43. The Hall–Kier alpha value is -4.95. The zero-order chi connectivity index (χ0) is 37.3. The molecule has 0 unspecified atom stereocenters. The Morgan fingerprint density at radius 2 is 1.34 bits per heavy atom. The fourth-order valence-electron chi connectivity index (χ4n) is 5.61. The monoisotopic (exact) mass is 697 g/mol. The summed E-state index contributed by atoms with van der Waals surface area (Å²) in [5, 5.41) is 14.1. The van der Waals surface area contributed by atoms with Gasteiger partial charge in [0, 0.05) is 29.9 Å².